The Balaban J connectivity index is 2.62. The first-order chi connectivity index (χ1) is 11.9. The Bertz CT molecular complexity index is 600. The van der Waals surface area contributed by atoms with Crippen molar-refractivity contribution in [2.45, 2.75) is 27.3 Å². The van der Waals surface area contributed by atoms with Gasteiger partial charge < -0.3 is 25.4 Å². The first-order valence-electron chi connectivity index (χ1n) is 8.31. The third-order valence-corrected chi connectivity index (χ3v) is 3.78. The zero-order chi connectivity index (χ0) is 18.9. The van der Waals surface area contributed by atoms with E-state index in [0.717, 1.165) is 5.56 Å². The molecule has 1 amide bonds. The van der Waals surface area contributed by atoms with Crippen molar-refractivity contribution < 1.29 is 14.3 Å². The second-order valence-corrected chi connectivity index (χ2v) is 6.21. The number of carbonyl (C=O) groups excluding carboxylic acids is 1. The van der Waals surface area contributed by atoms with E-state index in [0.29, 0.717) is 37.1 Å². The van der Waals surface area contributed by atoms with Crippen molar-refractivity contribution in [1.29, 1.82) is 0 Å². The summed E-state index contributed by atoms with van der Waals surface area (Å²) < 4.78 is 10.5. The van der Waals surface area contributed by atoms with Crippen LogP contribution in [0.5, 0.6) is 11.5 Å². The molecule has 0 aliphatic rings. The number of carbonyl (C=O) groups is 1. The van der Waals surface area contributed by atoms with Gasteiger partial charge in [-0.25, -0.2) is 0 Å². The van der Waals surface area contributed by atoms with Gasteiger partial charge >= 0.3 is 0 Å². The van der Waals surface area contributed by atoms with Crippen molar-refractivity contribution in [2.75, 3.05) is 34.4 Å². The molecule has 7 nitrogen and oxygen atoms in total. The Kier molecular flexibility index (Phi) is 8.04. The van der Waals surface area contributed by atoms with Crippen LogP contribution < -0.4 is 25.4 Å². The molecule has 0 bridgehead atoms. The Hall–Kier alpha value is -2.44. The molecule has 0 saturated heterocycles. The molecule has 3 N–H and O–H groups in total. The molecule has 1 aromatic carbocycles. The zero-order valence-electron chi connectivity index (χ0n) is 16.0. The molecule has 0 radical (unpaired) electrons. The van der Waals surface area contributed by atoms with E-state index in [-0.39, 0.29) is 5.91 Å². The summed E-state index contributed by atoms with van der Waals surface area (Å²) in [4.78, 5) is 16.2. The maximum atomic E-state index is 12.0. The SMILES string of the molecule is CCNC(=O)C(C)(C)CNC(=NC)NCc1ccc(OC)c(OC)c1. The second-order valence-electron chi connectivity index (χ2n) is 6.21. The smallest absolute Gasteiger partial charge is 0.227 e. The first-order valence-corrected chi connectivity index (χ1v) is 8.31. The van der Waals surface area contributed by atoms with E-state index < -0.39 is 5.41 Å². The van der Waals surface area contributed by atoms with E-state index in [1.54, 1.807) is 21.3 Å². The molecule has 0 heterocycles. The van der Waals surface area contributed by atoms with E-state index in [2.05, 4.69) is 20.9 Å². The molecule has 0 fully saturated rings. The predicted octanol–water partition coefficient (Wildman–Crippen LogP) is 1.53. The number of rotatable bonds is 8. The highest BCUT2D eigenvalue weighted by Gasteiger charge is 2.27. The van der Waals surface area contributed by atoms with Crippen LogP contribution in [-0.4, -0.2) is 46.2 Å². The van der Waals surface area contributed by atoms with Crippen LogP contribution in [0.1, 0.15) is 26.3 Å². The summed E-state index contributed by atoms with van der Waals surface area (Å²) in [5.74, 6) is 2.02. The van der Waals surface area contributed by atoms with Crippen LogP contribution in [-0.2, 0) is 11.3 Å². The molecule has 0 atom stereocenters. The average molecular weight is 350 g/mol. The number of nitrogens with zero attached hydrogens (tertiary/aromatic N) is 1. The van der Waals surface area contributed by atoms with E-state index in [1.807, 2.05) is 39.0 Å². The molecule has 0 spiro atoms. The maximum absolute atomic E-state index is 12.0. The zero-order valence-corrected chi connectivity index (χ0v) is 16.0. The minimum absolute atomic E-state index is 0.0119. The maximum Gasteiger partial charge on any atom is 0.227 e. The normalized spacial score (nSPS) is 11.7. The van der Waals surface area contributed by atoms with Gasteiger partial charge in [-0.15, -0.1) is 0 Å². The van der Waals surface area contributed by atoms with Crippen molar-refractivity contribution >= 4 is 11.9 Å². The molecular formula is C18H30N4O3. The van der Waals surface area contributed by atoms with Gasteiger partial charge in [-0.2, -0.15) is 0 Å². The predicted molar refractivity (Wildman–Crippen MR) is 100 cm³/mol. The van der Waals surface area contributed by atoms with Crippen LogP contribution >= 0.6 is 0 Å². The lowest BCUT2D eigenvalue weighted by atomic mass is 9.92. The lowest BCUT2D eigenvalue weighted by Gasteiger charge is -2.24. The Morgan fingerprint density at radius 2 is 1.80 bits per heavy atom. The fourth-order valence-electron chi connectivity index (χ4n) is 2.18. The van der Waals surface area contributed by atoms with Crippen molar-refractivity contribution in [3.63, 3.8) is 0 Å². The molecule has 0 aliphatic carbocycles. The first kappa shape index (κ1) is 20.6. The number of aliphatic imine (C=N–C) groups is 1. The highest BCUT2D eigenvalue weighted by atomic mass is 16.5. The second kappa shape index (κ2) is 9.76. The van der Waals surface area contributed by atoms with Crippen molar-refractivity contribution in [2.24, 2.45) is 10.4 Å². The van der Waals surface area contributed by atoms with Gasteiger partial charge in [0.15, 0.2) is 17.5 Å². The Morgan fingerprint density at radius 3 is 2.36 bits per heavy atom. The van der Waals surface area contributed by atoms with Crippen LogP contribution in [0.25, 0.3) is 0 Å². The van der Waals surface area contributed by atoms with Gasteiger partial charge in [0.2, 0.25) is 5.91 Å². The lowest BCUT2D eigenvalue weighted by molar-refractivity contribution is -0.128. The van der Waals surface area contributed by atoms with E-state index in [9.17, 15) is 4.79 Å². The summed E-state index contributed by atoms with van der Waals surface area (Å²) in [6.07, 6.45) is 0. The minimum atomic E-state index is -0.531. The summed E-state index contributed by atoms with van der Waals surface area (Å²) in [6.45, 7) is 7.37. The van der Waals surface area contributed by atoms with Crippen LogP contribution in [0.4, 0.5) is 0 Å². The number of nitrogens with one attached hydrogen (secondary N) is 3. The molecule has 0 saturated carbocycles. The molecule has 0 aromatic heterocycles. The summed E-state index contributed by atoms with van der Waals surface area (Å²) in [5.41, 5.74) is 0.500. The molecule has 25 heavy (non-hydrogen) atoms. The topological polar surface area (TPSA) is 84.0 Å². The van der Waals surface area contributed by atoms with Gasteiger partial charge in [0.05, 0.1) is 19.6 Å². The molecule has 7 heteroatoms. The van der Waals surface area contributed by atoms with Gasteiger partial charge in [0, 0.05) is 26.7 Å². The van der Waals surface area contributed by atoms with Gasteiger partial charge in [0.1, 0.15) is 0 Å². The van der Waals surface area contributed by atoms with E-state index in [4.69, 9.17) is 9.47 Å². The third-order valence-electron chi connectivity index (χ3n) is 3.78. The molecular weight excluding hydrogens is 320 g/mol. The number of hydrogen-bond donors (Lipinski definition) is 3. The summed E-state index contributed by atoms with van der Waals surface area (Å²) in [5, 5.41) is 9.27. The van der Waals surface area contributed by atoms with Crippen molar-refractivity contribution in [3.05, 3.63) is 23.8 Å². The summed E-state index contributed by atoms with van der Waals surface area (Å²) in [7, 11) is 4.92. The van der Waals surface area contributed by atoms with Crippen LogP contribution in [0.3, 0.4) is 0 Å². The molecule has 0 unspecified atom stereocenters. The molecule has 140 valence electrons. The van der Waals surface area contributed by atoms with Gasteiger partial charge in [0.25, 0.3) is 0 Å². The van der Waals surface area contributed by atoms with Gasteiger partial charge in [-0.05, 0) is 38.5 Å². The fraction of sp³-hybridized carbons (Fsp3) is 0.556. The van der Waals surface area contributed by atoms with Crippen LogP contribution in [0, 0.1) is 5.41 Å². The third kappa shape index (κ3) is 6.17. The number of benzene rings is 1. The number of methoxy groups -OCH3 is 2. The Labute approximate surface area is 150 Å². The van der Waals surface area contributed by atoms with Crippen LogP contribution in [0.2, 0.25) is 0 Å². The number of ether oxygens (including phenoxy) is 2. The fourth-order valence-corrected chi connectivity index (χ4v) is 2.18. The summed E-state index contributed by atoms with van der Waals surface area (Å²) in [6, 6.07) is 5.74. The lowest BCUT2D eigenvalue weighted by Crippen LogP contribution is -2.47. The van der Waals surface area contributed by atoms with E-state index in [1.165, 1.54) is 0 Å². The Morgan fingerprint density at radius 1 is 1.12 bits per heavy atom. The van der Waals surface area contributed by atoms with E-state index >= 15 is 0 Å². The number of hydrogen-bond acceptors (Lipinski definition) is 4. The molecule has 1 aromatic rings. The van der Waals surface area contributed by atoms with Crippen molar-refractivity contribution in [1.82, 2.24) is 16.0 Å². The molecule has 0 aliphatic heterocycles. The number of guanidine groups is 1. The average Bonchev–Trinajstić information content (AvgIpc) is 2.61. The van der Waals surface area contributed by atoms with Crippen LogP contribution in [0.15, 0.2) is 23.2 Å². The highest BCUT2D eigenvalue weighted by molar-refractivity contribution is 5.84. The largest absolute Gasteiger partial charge is 0.493 e. The standard InChI is InChI=1S/C18H30N4O3/c1-7-20-16(23)18(2,3)12-22-17(19-4)21-11-13-8-9-14(24-5)15(10-13)25-6/h8-10H,7,11-12H2,1-6H3,(H,20,23)(H2,19,21,22). The monoisotopic (exact) mass is 350 g/mol. The quantitative estimate of drug-likeness (QED) is 0.489. The van der Waals surface area contributed by atoms with Crippen molar-refractivity contribution in [3.8, 4) is 11.5 Å². The van der Waals surface area contributed by atoms with Gasteiger partial charge in [-0.3, -0.25) is 9.79 Å². The highest BCUT2D eigenvalue weighted by Crippen LogP contribution is 2.27. The van der Waals surface area contributed by atoms with Gasteiger partial charge in [-0.1, -0.05) is 6.07 Å². The molecule has 1 rings (SSSR count). The summed E-state index contributed by atoms with van der Waals surface area (Å²) >= 11 is 0. The number of amides is 1. The minimum Gasteiger partial charge on any atom is -0.493 e.